The largest absolute Gasteiger partial charge is 0.439 e. The van der Waals surface area contributed by atoms with Gasteiger partial charge in [0, 0.05) is 24.1 Å². The molecule has 2 aliphatic heterocycles. The smallest absolute Gasteiger partial charge is 0.285 e. The molecular weight excluding hydrogens is 431 g/mol. The zero-order chi connectivity index (χ0) is 23.2. The van der Waals surface area contributed by atoms with Gasteiger partial charge in [0.25, 0.3) is 23.5 Å². The molecule has 166 valence electrons. The molecule has 4 amide bonds. The molecule has 2 aromatic carbocycles. The molecule has 10 heteroatoms. The van der Waals surface area contributed by atoms with Gasteiger partial charge in [-0.3, -0.25) is 24.5 Å². The van der Waals surface area contributed by atoms with E-state index in [2.05, 4.69) is 10.3 Å². The average molecular weight is 448 g/mol. The maximum atomic E-state index is 15.5. The summed E-state index contributed by atoms with van der Waals surface area (Å²) in [5.74, 6) is -5.89. The number of imide groups is 2. The van der Waals surface area contributed by atoms with Crippen molar-refractivity contribution in [3.8, 4) is 11.5 Å². The van der Waals surface area contributed by atoms with Gasteiger partial charge in [0.15, 0.2) is 0 Å². The van der Waals surface area contributed by atoms with E-state index >= 15 is 4.39 Å². The van der Waals surface area contributed by atoms with Crippen molar-refractivity contribution in [3.63, 3.8) is 0 Å². The van der Waals surface area contributed by atoms with Gasteiger partial charge in [-0.25, -0.2) is 14.3 Å². The van der Waals surface area contributed by atoms with E-state index in [0.29, 0.717) is 16.6 Å². The van der Waals surface area contributed by atoms with Crippen LogP contribution >= 0.6 is 0 Å². The maximum Gasteiger partial charge on any atom is 0.285 e. The Kier molecular flexibility index (Phi) is 4.77. The molecule has 2 N–H and O–H groups in total. The molecule has 33 heavy (non-hydrogen) atoms. The lowest BCUT2D eigenvalue weighted by atomic mass is 10.0. The first-order chi connectivity index (χ1) is 15.9. The Morgan fingerprint density at radius 3 is 2.61 bits per heavy atom. The second kappa shape index (κ2) is 7.66. The first-order valence-electron chi connectivity index (χ1n) is 10.2. The first-order valence-corrected chi connectivity index (χ1v) is 10.2. The van der Waals surface area contributed by atoms with E-state index < -0.39 is 35.8 Å². The normalized spacial score (nSPS) is 20.1. The fourth-order valence-electron chi connectivity index (χ4n) is 3.93. The highest BCUT2D eigenvalue weighted by molar-refractivity contribution is 6.26. The van der Waals surface area contributed by atoms with E-state index in [1.165, 1.54) is 12.3 Å². The van der Waals surface area contributed by atoms with Crippen molar-refractivity contribution < 1.29 is 28.0 Å². The molecule has 0 aliphatic carbocycles. The quantitative estimate of drug-likeness (QED) is 0.455. The van der Waals surface area contributed by atoms with E-state index in [-0.39, 0.29) is 29.8 Å². The van der Waals surface area contributed by atoms with Crippen molar-refractivity contribution in [2.24, 2.45) is 0 Å². The van der Waals surface area contributed by atoms with Gasteiger partial charge in [0.1, 0.15) is 5.76 Å². The molecule has 0 saturated carbocycles. The van der Waals surface area contributed by atoms with Gasteiger partial charge in [-0.15, -0.1) is 0 Å². The predicted molar refractivity (Wildman–Crippen MR) is 112 cm³/mol. The van der Waals surface area contributed by atoms with Gasteiger partial charge in [-0.05, 0) is 24.3 Å². The highest BCUT2D eigenvalue weighted by Gasteiger charge is 2.57. The fourth-order valence-corrected chi connectivity index (χ4v) is 3.93. The van der Waals surface area contributed by atoms with Crippen LogP contribution < -0.4 is 10.6 Å². The minimum absolute atomic E-state index is 0.0331. The average Bonchev–Trinajstić information content (AvgIpc) is 3.39. The summed E-state index contributed by atoms with van der Waals surface area (Å²) in [4.78, 5) is 54.1. The summed E-state index contributed by atoms with van der Waals surface area (Å²) >= 11 is 0. The number of nitrogens with one attached hydrogen (secondary N) is 2. The van der Waals surface area contributed by atoms with Crippen LogP contribution in [0.5, 0.6) is 0 Å². The van der Waals surface area contributed by atoms with Crippen LogP contribution in [0.4, 0.5) is 10.1 Å². The molecule has 1 atom stereocenters. The summed E-state index contributed by atoms with van der Waals surface area (Å²) in [6.45, 7) is 0.146. The number of benzene rings is 2. The lowest BCUT2D eigenvalue weighted by molar-refractivity contribution is -0.151. The number of alkyl halides is 1. The second-order valence-corrected chi connectivity index (χ2v) is 7.66. The van der Waals surface area contributed by atoms with Gasteiger partial charge in [0.05, 0.1) is 23.9 Å². The minimum Gasteiger partial charge on any atom is -0.439 e. The number of rotatable bonds is 5. The Labute approximate surface area is 186 Å². The van der Waals surface area contributed by atoms with E-state index in [0.717, 1.165) is 5.56 Å². The molecule has 1 saturated heterocycles. The molecule has 2 aliphatic rings. The zero-order valence-electron chi connectivity index (χ0n) is 17.1. The van der Waals surface area contributed by atoms with E-state index in [1.807, 2.05) is 35.6 Å². The molecular formula is C23H17FN4O5. The molecule has 0 spiro atoms. The van der Waals surface area contributed by atoms with Crippen molar-refractivity contribution in [1.82, 2.24) is 15.2 Å². The molecule has 9 nitrogen and oxygen atoms in total. The van der Waals surface area contributed by atoms with E-state index in [9.17, 15) is 19.2 Å². The maximum absolute atomic E-state index is 15.5. The summed E-state index contributed by atoms with van der Waals surface area (Å²) in [5.41, 5.74) is 1.00. The third kappa shape index (κ3) is 3.36. The molecule has 3 heterocycles. The summed E-state index contributed by atoms with van der Waals surface area (Å²) in [7, 11) is 0. The zero-order valence-corrected chi connectivity index (χ0v) is 17.1. The predicted octanol–water partition coefficient (Wildman–Crippen LogP) is 2.65. The number of nitrogens with zero attached hydrogens (tertiary/aromatic N) is 2. The minimum atomic E-state index is -2.94. The van der Waals surface area contributed by atoms with Crippen molar-refractivity contribution in [1.29, 1.82) is 0 Å². The lowest BCUT2D eigenvalue weighted by Gasteiger charge is -2.34. The molecule has 0 bridgehead atoms. The summed E-state index contributed by atoms with van der Waals surface area (Å²) in [5, 5.41) is 4.88. The summed E-state index contributed by atoms with van der Waals surface area (Å²) in [6.07, 6.45) is 0.625. The number of oxazole rings is 1. The Hall–Kier alpha value is -4.34. The monoisotopic (exact) mass is 448 g/mol. The van der Waals surface area contributed by atoms with Gasteiger partial charge in [-0.1, -0.05) is 24.3 Å². The molecule has 0 radical (unpaired) electrons. The number of aromatic nitrogens is 1. The fraction of sp³-hybridized carbons (Fsp3) is 0.174. The van der Waals surface area contributed by atoms with Gasteiger partial charge in [0.2, 0.25) is 11.8 Å². The molecule has 1 unspecified atom stereocenters. The van der Waals surface area contributed by atoms with Gasteiger partial charge < -0.3 is 9.73 Å². The number of hydrogen-bond acceptors (Lipinski definition) is 7. The Balaban J connectivity index is 1.39. The lowest BCUT2D eigenvalue weighted by Crippen LogP contribution is -2.61. The van der Waals surface area contributed by atoms with Crippen LogP contribution in [0.25, 0.3) is 11.5 Å². The van der Waals surface area contributed by atoms with Crippen LogP contribution in [0, 0.1) is 0 Å². The number of fused-ring (bicyclic) bond motifs is 1. The SMILES string of the molecule is O=C1CCC(F)(N2C(=O)c3cccc(NCc4cnc(-c5ccccc5)o4)c3C2=O)C(=O)N1. The molecule has 1 aromatic heterocycles. The number of carbonyl (C=O) groups excluding carboxylic acids is 4. The van der Waals surface area contributed by atoms with Crippen molar-refractivity contribution in [3.05, 3.63) is 71.6 Å². The topological polar surface area (TPSA) is 122 Å². The number of anilines is 1. The van der Waals surface area contributed by atoms with Crippen molar-refractivity contribution in [2.75, 3.05) is 5.32 Å². The summed E-state index contributed by atoms with van der Waals surface area (Å²) < 4.78 is 21.3. The number of carbonyl (C=O) groups is 4. The van der Waals surface area contributed by atoms with Crippen LogP contribution in [0.2, 0.25) is 0 Å². The first kappa shape index (κ1) is 20.6. The highest BCUT2D eigenvalue weighted by Crippen LogP contribution is 2.38. The van der Waals surface area contributed by atoms with E-state index in [4.69, 9.17) is 4.42 Å². The van der Waals surface area contributed by atoms with Gasteiger partial charge in [-0.2, -0.15) is 0 Å². The number of halogens is 1. The van der Waals surface area contributed by atoms with Crippen LogP contribution in [0.15, 0.2) is 59.1 Å². The van der Waals surface area contributed by atoms with Crippen molar-refractivity contribution >= 4 is 29.3 Å². The van der Waals surface area contributed by atoms with E-state index in [1.54, 1.807) is 12.1 Å². The third-order valence-electron chi connectivity index (χ3n) is 5.58. The van der Waals surface area contributed by atoms with Crippen LogP contribution in [-0.2, 0) is 16.1 Å². The van der Waals surface area contributed by atoms with Gasteiger partial charge >= 0.3 is 0 Å². The standard InChI is InChI=1S/C23H17FN4O5/c24-23(10-9-17(29)27-22(23)32)28-20(30)15-7-4-8-16(18(15)21(28)31)25-11-14-12-26-19(33-14)13-5-2-1-3-6-13/h1-8,12,25H,9-11H2,(H,27,29,32). The molecule has 3 aromatic rings. The second-order valence-electron chi connectivity index (χ2n) is 7.66. The van der Waals surface area contributed by atoms with Crippen LogP contribution in [0.1, 0.15) is 39.3 Å². The third-order valence-corrected chi connectivity index (χ3v) is 5.58. The van der Waals surface area contributed by atoms with Crippen LogP contribution in [0.3, 0.4) is 0 Å². The number of hydrogen-bond donors (Lipinski definition) is 2. The highest BCUT2D eigenvalue weighted by atomic mass is 19.1. The Morgan fingerprint density at radius 2 is 1.85 bits per heavy atom. The number of amides is 4. The van der Waals surface area contributed by atoms with Crippen molar-refractivity contribution in [2.45, 2.75) is 25.2 Å². The Bertz CT molecular complexity index is 1310. The summed E-state index contributed by atoms with van der Waals surface area (Å²) in [6, 6.07) is 13.8. The molecule has 1 fully saturated rings. The Morgan fingerprint density at radius 1 is 1.06 bits per heavy atom. The van der Waals surface area contributed by atoms with Crippen LogP contribution in [-0.4, -0.2) is 39.3 Å². The molecule has 5 rings (SSSR count). The number of piperidine rings is 1.